The molecule has 2 aromatic rings. The molecule has 0 saturated carbocycles. The van der Waals surface area contributed by atoms with Crippen molar-refractivity contribution >= 4 is 9.84 Å². The zero-order chi connectivity index (χ0) is 21.6. The van der Waals surface area contributed by atoms with E-state index >= 15 is 0 Å². The molecule has 0 aliphatic carbocycles. The lowest BCUT2D eigenvalue weighted by atomic mass is 10.1. The van der Waals surface area contributed by atoms with Crippen molar-refractivity contribution in [1.82, 2.24) is 4.90 Å². The second-order valence-corrected chi connectivity index (χ2v) is 10.1. The summed E-state index contributed by atoms with van der Waals surface area (Å²) in [4.78, 5) is 2.06. The summed E-state index contributed by atoms with van der Waals surface area (Å²) in [5.41, 5.74) is 2.20. The fraction of sp³-hybridized carbons (Fsp3) is 0.478. The van der Waals surface area contributed by atoms with Gasteiger partial charge in [0.25, 0.3) is 0 Å². The third-order valence-corrected chi connectivity index (χ3v) is 7.00. The van der Waals surface area contributed by atoms with Crippen molar-refractivity contribution in [2.45, 2.75) is 39.0 Å². The maximum atomic E-state index is 12.0. The molecular formula is C23H31NO5S. The lowest BCUT2D eigenvalue weighted by Crippen LogP contribution is -2.42. The minimum absolute atomic E-state index is 0.101. The maximum absolute atomic E-state index is 12.0. The summed E-state index contributed by atoms with van der Waals surface area (Å²) in [5.74, 6) is 1.85. The van der Waals surface area contributed by atoms with Gasteiger partial charge in [-0.15, -0.1) is 0 Å². The molecule has 0 radical (unpaired) electrons. The third-order valence-electron chi connectivity index (χ3n) is 5.25. The van der Waals surface area contributed by atoms with Crippen LogP contribution in [0.15, 0.2) is 48.5 Å². The van der Waals surface area contributed by atoms with E-state index in [-0.39, 0.29) is 24.2 Å². The van der Waals surface area contributed by atoms with Gasteiger partial charge in [-0.05, 0) is 50.1 Å². The first kappa shape index (κ1) is 22.6. The fourth-order valence-electron chi connectivity index (χ4n) is 3.65. The average molecular weight is 434 g/mol. The number of aliphatic hydroxyl groups is 1. The largest absolute Gasteiger partial charge is 0.494 e. The van der Waals surface area contributed by atoms with Crippen LogP contribution in [0.1, 0.15) is 24.5 Å². The molecule has 2 atom stereocenters. The van der Waals surface area contributed by atoms with Crippen LogP contribution in [-0.4, -0.2) is 61.8 Å². The lowest BCUT2D eigenvalue weighted by molar-refractivity contribution is 0.0524. The SMILES string of the molecule is CCOc1ccc(CN(CC(O)COc2ccc(C)cc2)C2CCS(=O)(=O)C2)cc1. The summed E-state index contributed by atoms with van der Waals surface area (Å²) < 4.78 is 35.2. The Balaban J connectivity index is 1.63. The van der Waals surface area contributed by atoms with Gasteiger partial charge in [0.15, 0.2) is 9.84 Å². The van der Waals surface area contributed by atoms with Gasteiger partial charge in [0.2, 0.25) is 0 Å². The smallest absolute Gasteiger partial charge is 0.151 e. The average Bonchev–Trinajstić information content (AvgIpc) is 3.08. The monoisotopic (exact) mass is 433 g/mol. The first-order chi connectivity index (χ1) is 14.3. The summed E-state index contributed by atoms with van der Waals surface area (Å²) in [6.07, 6.45) is -0.137. The van der Waals surface area contributed by atoms with E-state index < -0.39 is 15.9 Å². The molecule has 1 aliphatic heterocycles. The van der Waals surface area contributed by atoms with Gasteiger partial charge < -0.3 is 14.6 Å². The maximum Gasteiger partial charge on any atom is 0.151 e. The molecule has 0 aromatic heterocycles. The summed E-state index contributed by atoms with van der Waals surface area (Å²) in [5, 5.41) is 10.6. The topological polar surface area (TPSA) is 76.1 Å². The van der Waals surface area contributed by atoms with Crippen molar-refractivity contribution in [2.75, 3.05) is 31.3 Å². The number of rotatable bonds is 10. The molecule has 0 bridgehead atoms. The molecule has 1 fully saturated rings. The summed E-state index contributed by atoms with van der Waals surface area (Å²) in [6, 6.07) is 15.4. The highest BCUT2D eigenvalue weighted by molar-refractivity contribution is 7.91. The number of benzene rings is 2. The van der Waals surface area contributed by atoms with E-state index in [0.29, 0.717) is 31.9 Å². The van der Waals surface area contributed by atoms with Crippen LogP contribution in [0.4, 0.5) is 0 Å². The first-order valence-electron chi connectivity index (χ1n) is 10.4. The Morgan fingerprint density at radius 2 is 1.70 bits per heavy atom. The van der Waals surface area contributed by atoms with E-state index in [0.717, 1.165) is 16.9 Å². The molecule has 1 N–H and O–H groups in total. The van der Waals surface area contributed by atoms with Gasteiger partial charge >= 0.3 is 0 Å². The van der Waals surface area contributed by atoms with Gasteiger partial charge in [0.05, 0.1) is 18.1 Å². The quantitative estimate of drug-likeness (QED) is 0.621. The Morgan fingerprint density at radius 3 is 2.30 bits per heavy atom. The first-order valence-corrected chi connectivity index (χ1v) is 12.2. The van der Waals surface area contributed by atoms with Crippen molar-refractivity contribution in [3.63, 3.8) is 0 Å². The van der Waals surface area contributed by atoms with E-state index in [9.17, 15) is 13.5 Å². The highest BCUT2D eigenvalue weighted by Crippen LogP contribution is 2.22. The highest BCUT2D eigenvalue weighted by Gasteiger charge is 2.33. The van der Waals surface area contributed by atoms with Gasteiger partial charge in [-0.2, -0.15) is 0 Å². The van der Waals surface area contributed by atoms with E-state index in [1.165, 1.54) is 0 Å². The fourth-order valence-corrected chi connectivity index (χ4v) is 5.41. The van der Waals surface area contributed by atoms with Crippen molar-refractivity contribution in [1.29, 1.82) is 0 Å². The van der Waals surface area contributed by atoms with Gasteiger partial charge in [-0.25, -0.2) is 8.42 Å². The molecule has 1 saturated heterocycles. The van der Waals surface area contributed by atoms with E-state index in [4.69, 9.17) is 9.47 Å². The summed E-state index contributed by atoms with van der Waals surface area (Å²) in [6.45, 7) is 5.62. The molecule has 164 valence electrons. The van der Waals surface area contributed by atoms with Gasteiger partial charge in [0, 0.05) is 19.1 Å². The van der Waals surface area contributed by atoms with Crippen molar-refractivity contribution in [3.8, 4) is 11.5 Å². The normalized spacial score (nSPS) is 19.0. The Bertz CT molecular complexity index is 896. The third kappa shape index (κ3) is 6.72. The number of ether oxygens (including phenoxy) is 2. The summed E-state index contributed by atoms with van der Waals surface area (Å²) >= 11 is 0. The molecule has 3 rings (SSSR count). The van der Waals surface area contributed by atoms with Gasteiger partial charge in [0.1, 0.15) is 24.2 Å². The molecule has 1 heterocycles. The van der Waals surface area contributed by atoms with E-state index in [1.54, 1.807) is 0 Å². The van der Waals surface area contributed by atoms with Gasteiger partial charge in [-0.3, -0.25) is 4.90 Å². The van der Waals surface area contributed by atoms with Crippen molar-refractivity contribution in [2.24, 2.45) is 0 Å². The molecule has 30 heavy (non-hydrogen) atoms. The Morgan fingerprint density at radius 1 is 1.07 bits per heavy atom. The molecule has 0 amide bonds. The number of sulfone groups is 1. The standard InChI is InChI=1S/C23H31NO5S/c1-3-28-22-10-6-19(7-11-22)14-24(20-12-13-30(26,27)17-20)15-21(25)16-29-23-8-4-18(2)5-9-23/h4-11,20-21,25H,3,12-17H2,1-2H3. The van der Waals surface area contributed by atoms with Gasteiger partial charge in [-0.1, -0.05) is 29.8 Å². The van der Waals surface area contributed by atoms with Crippen LogP contribution in [0, 0.1) is 6.92 Å². The van der Waals surface area contributed by atoms with Crippen LogP contribution < -0.4 is 9.47 Å². The molecule has 1 aliphatic rings. The number of aliphatic hydroxyl groups excluding tert-OH is 1. The zero-order valence-electron chi connectivity index (χ0n) is 17.7. The van der Waals surface area contributed by atoms with Crippen molar-refractivity contribution < 1.29 is 23.0 Å². The second-order valence-electron chi connectivity index (χ2n) is 7.84. The molecule has 7 heteroatoms. The lowest BCUT2D eigenvalue weighted by Gasteiger charge is -2.30. The molecule has 0 spiro atoms. The number of nitrogens with zero attached hydrogens (tertiary/aromatic N) is 1. The predicted molar refractivity (Wildman–Crippen MR) is 118 cm³/mol. The van der Waals surface area contributed by atoms with Crippen LogP contribution >= 0.6 is 0 Å². The number of hydrogen-bond donors (Lipinski definition) is 1. The number of hydrogen-bond acceptors (Lipinski definition) is 6. The Kier molecular flexibility index (Phi) is 7.75. The van der Waals surface area contributed by atoms with Crippen molar-refractivity contribution in [3.05, 3.63) is 59.7 Å². The molecular weight excluding hydrogens is 402 g/mol. The molecule has 2 aromatic carbocycles. The van der Waals surface area contributed by atoms with E-state index in [2.05, 4.69) is 4.90 Å². The van der Waals surface area contributed by atoms with Crippen LogP contribution in [0.3, 0.4) is 0 Å². The predicted octanol–water partition coefficient (Wildman–Crippen LogP) is 2.82. The number of aryl methyl sites for hydroxylation is 1. The van der Waals surface area contributed by atoms with Crippen LogP contribution in [0.2, 0.25) is 0 Å². The Hall–Kier alpha value is -2.09. The second kappa shape index (κ2) is 10.3. The van der Waals surface area contributed by atoms with Crippen LogP contribution in [0.5, 0.6) is 11.5 Å². The zero-order valence-corrected chi connectivity index (χ0v) is 18.5. The minimum Gasteiger partial charge on any atom is -0.494 e. The Labute approximate surface area is 179 Å². The summed E-state index contributed by atoms with van der Waals surface area (Å²) in [7, 11) is -3.02. The highest BCUT2D eigenvalue weighted by atomic mass is 32.2. The van der Waals surface area contributed by atoms with E-state index in [1.807, 2.05) is 62.4 Å². The molecule has 6 nitrogen and oxygen atoms in total. The molecule has 2 unspecified atom stereocenters. The minimum atomic E-state index is -3.02. The van der Waals surface area contributed by atoms with Crippen LogP contribution in [0.25, 0.3) is 0 Å². The van der Waals surface area contributed by atoms with Crippen LogP contribution in [-0.2, 0) is 16.4 Å².